The van der Waals surface area contributed by atoms with E-state index in [1.165, 1.54) is 26.2 Å². The molecule has 1 fully saturated rings. The van der Waals surface area contributed by atoms with Crippen molar-refractivity contribution >= 4 is 23.4 Å². The van der Waals surface area contributed by atoms with Gasteiger partial charge in [-0.2, -0.15) is 0 Å². The molecule has 5 heteroatoms. The average Bonchev–Trinajstić information content (AvgIpc) is 2.52. The maximum Gasteiger partial charge on any atom is 0.239 e. The van der Waals surface area contributed by atoms with E-state index in [1.807, 2.05) is 24.3 Å². The highest BCUT2D eigenvalue weighted by molar-refractivity contribution is 6.30. The van der Waals surface area contributed by atoms with E-state index in [2.05, 4.69) is 5.32 Å². The Morgan fingerprint density at radius 3 is 2.65 bits per heavy atom. The fourth-order valence-corrected chi connectivity index (χ4v) is 3.21. The summed E-state index contributed by atoms with van der Waals surface area (Å²) >= 11 is 5.97. The number of amides is 2. The molecular formula is C18H25ClN2O2. The van der Waals surface area contributed by atoms with E-state index in [0.29, 0.717) is 18.0 Å². The molecule has 0 heterocycles. The summed E-state index contributed by atoms with van der Waals surface area (Å²) in [5.74, 6) is -0.135. The highest BCUT2D eigenvalue weighted by Gasteiger charge is 2.18. The number of benzene rings is 1. The first-order valence-electron chi connectivity index (χ1n) is 8.34. The minimum atomic E-state index is -0.0779. The number of hydrogen-bond donors (Lipinski definition) is 1. The molecule has 4 nitrogen and oxygen atoms in total. The van der Waals surface area contributed by atoms with Gasteiger partial charge in [-0.15, -0.1) is 0 Å². The lowest BCUT2D eigenvalue weighted by Gasteiger charge is -2.25. The van der Waals surface area contributed by atoms with Crippen LogP contribution in [0.2, 0.25) is 5.02 Å². The molecule has 2 amide bonds. The van der Waals surface area contributed by atoms with E-state index in [1.54, 1.807) is 4.90 Å². The molecule has 1 aromatic rings. The van der Waals surface area contributed by atoms with Crippen LogP contribution in [0, 0.1) is 0 Å². The monoisotopic (exact) mass is 336 g/mol. The van der Waals surface area contributed by atoms with Gasteiger partial charge in [-0.05, 0) is 37.0 Å². The Kier molecular flexibility index (Phi) is 6.90. The third kappa shape index (κ3) is 6.22. The molecule has 126 valence electrons. The molecule has 0 bridgehead atoms. The van der Waals surface area contributed by atoms with E-state index in [9.17, 15) is 9.59 Å². The van der Waals surface area contributed by atoms with Crippen LogP contribution in [0.25, 0.3) is 0 Å². The van der Waals surface area contributed by atoms with Crippen LogP contribution >= 0.6 is 11.6 Å². The van der Waals surface area contributed by atoms with Gasteiger partial charge in [0.05, 0.1) is 6.54 Å². The van der Waals surface area contributed by atoms with Gasteiger partial charge in [0.2, 0.25) is 11.8 Å². The number of rotatable bonds is 6. The summed E-state index contributed by atoms with van der Waals surface area (Å²) in [5, 5.41) is 3.74. The molecule has 2 rings (SSSR count). The molecule has 0 saturated heterocycles. The zero-order valence-electron chi connectivity index (χ0n) is 13.7. The number of halogens is 1. The molecule has 0 spiro atoms. The van der Waals surface area contributed by atoms with Crippen molar-refractivity contribution in [1.82, 2.24) is 10.2 Å². The number of nitrogens with one attached hydrogen (secondary N) is 1. The van der Waals surface area contributed by atoms with Gasteiger partial charge >= 0.3 is 0 Å². The minimum absolute atomic E-state index is 0.0572. The summed E-state index contributed by atoms with van der Waals surface area (Å²) in [6.45, 7) is 2.16. The van der Waals surface area contributed by atoms with Gasteiger partial charge in [-0.3, -0.25) is 9.59 Å². The fraction of sp³-hybridized carbons (Fsp3) is 0.556. The molecule has 0 aliphatic heterocycles. The molecule has 0 unspecified atom stereocenters. The number of hydrogen-bond acceptors (Lipinski definition) is 2. The Bertz CT molecular complexity index is 542. The maximum atomic E-state index is 12.2. The first-order chi connectivity index (χ1) is 11.0. The lowest BCUT2D eigenvalue weighted by atomic mass is 9.95. The van der Waals surface area contributed by atoms with Crippen molar-refractivity contribution in [3.8, 4) is 0 Å². The lowest BCUT2D eigenvalue weighted by Crippen LogP contribution is -2.44. The van der Waals surface area contributed by atoms with Crippen LogP contribution in [0.3, 0.4) is 0 Å². The molecule has 23 heavy (non-hydrogen) atoms. The van der Waals surface area contributed by atoms with E-state index < -0.39 is 0 Å². The van der Waals surface area contributed by atoms with Gasteiger partial charge in [0.1, 0.15) is 0 Å². The van der Waals surface area contributed by atoms with Gasteiger partial charge in [0.15, 0.2) is 0 Å². The van der Waals surface area contributed by atoms with E-state index >= 15 is 0 Å². The van der Waals surface area contributed by atoms with Gasteiger partial charge in [0, 0.05) is 24.5 Å². The Morgan fingerprint density at radius 1 is 1.26 bits per heavy atom. The second-order valence-corrected chi connectivity index (χ2v) is 6.66. The van der Waals surface area contributed by atoms with Crippen molar-refractivity contribution in [3.05, 3.63) is 34.9 Å². The van der Waals surface area contributed by atoms with Crippen LogP contribution in [0.4, 0.5) is 0 Å². The molecule has 0 aromatic heterocycles. The summed E-state index contributed by atoms with van der Waals surface area (Å²) in [6, 6.07) is 7.86. The van der Waals surface area contributed by atoms with Crippen molar-refractivity contribution in [2.75, 3.05) is 13.1 Å². The lowest BCUT2D eigenvalue weighted by molar-refractivity contribution is -0.134. The van der Waals surface area contributed by atoms with Crippen molar-refractivity contribution in [2.24, 2.45) is 0 Å². The quantitative estimate of drug-likeness (QED) is 0.867. The Balaban J connectivity index is 1.83. The van der Waals surface area contributed by atoms with Crippen LogP contribution < -0.4 is 5.32 Å². The first kappa shape index (κ1) is 17.8. The van der Waals surface area contributed by atoms with Gasteiger partial charge in [-0.25, -0.2) is 0 Å². The Hall–Kier alpha value is -1.55. The van der Waals surface area contributed by atoms with Crippen LogP contribution in [-0.4, -0.2) is 35.8 Å². The predicted molar refractivity (Wildman–Crippen MR) is 92.4 cm³/mol. The van der Waals surface area contributed by atoms with E-state index in [-0.39, 0.29) is 24.4 Å². The smallest absolute Gasteiger partial charge is 0.239 e. The number of carbonyl (C=O) groups excluding carboxylic acids is 2. The van der Waals surface area contributed by atoms with Crippen LogP contribution in [-0.2, 0) is 16.0 Å². The Morgan fingerprint density at radius 2 is 2.00 bits per heavy atom. The average molecular weight is 337 g/mol. The summed E-state index contributed by atoms with van der Waals surface area (Å²) in [5.41, 5.74) is 1.07. The zero-order valence-corrected chi connectivity index (χ0v) is 14.4. The van der Waals surface area contributed by atoms with Gasteiger partial charge < -0.3 is 10.2 Å². The first-order valence-corrected chi connectivity index (χ1v) is 8.71. The highest BCUT2D eigenvalue weighted by atomic mass is 35.5. The normalized spacial score (nSPS) is 15.2. The largest absolute Gasteiger partial charge is 0.352 e. The molecule has 0 radical (unpaired) electrons. The second-order valence-electron chi connectivity index (χ2n) is 6.22. The molecule has 1 N–H and O–H groups in total. The van der Waals surface area contributed by atoms with Crippen molar-refractivity contribution < 1.29 is 9.59 Å². The van der Waals surface area contributed by atoms with Crippen molar-refractivity contribution in [3.63, 3.8) is 0 Å². The van der Waals surface area contributed by atoms with Crippen molar-refractivity contribution in [2.45, 2.75) is 51.5 Å². The van der Waals surface area contributed by atoms with Crippen molar-refractivity contribution in [1.29, 1.82) is 0 Å². The topological polar surface area (TPSA) is 49.4 Å². The molecule has 0 atom stereocenters. The van der Waals surface area contributed by atoms with Crippen LogP contribution in [0.15, 0.2) is 24.3 Å². The van der Waals surface area contributed by atoms with Gasteiger partial charge in [-0.1, -0.05) is 43.0 Å². The van der Waals surface area contributed by atoms with Gasteiger partial charge in [0.25, 0.3) is 0 Å². The Labute approximate surface area is 143 Å². The summed E-state index contributed by atoms with van der Waals surface area (Å²) in [7, 11) is 0. The van der Waals surface area contributed by atoms with Crippen LogP contribution in [0.5, 0.6) is 0 Å². The zero-order chi connectivity index (χ0) is 16.7. The molecule has 1 aliphatic rings. The summed E-state index contributed by atoms with van der Waals surface area (Å²) in [6.07, 6.45) is 6.40. The standard InChI is InChI=1S/C18H25ClN2O2/c1-14(22)21(11-10-15-6-5-7-16(19)12-15)13-18(23)20-17-8-3-2-4-9-17/h5-7,12,17H,2-4,8-11,13H2,1H3,(H,20,23). The van der Waals surface area contributed by atoms with Crippen LogP contribution in [0.1, 0.15) is 44.6 Å². The molecular weight excluding hydrogens is 312 g/mol. The number of carbonyl (C=O) groups is 2. The third-order valence-electron chi connectivity index (χ3n) is 4.31. The SMILES string of the molecule is CC(=O)N(CCc1cccc(Cl)c1)CC(=O)NC1CCCCC1. The summed E-state index contributed by atoms with van der Waals surface area (Å²) < 4.78 is 0. The highest BCUT2D eigenvalue weighted by Crippen LogP contribution is 2.17. The second kappa shape index (κ2) is 8.92. The fourth-order valence-electron chi connectivity index (χ4n) is 3.00. The van der Waals surface area contributed by atoms with E-state index in [4.69, 9.17) is 11.6 Å². The molecule has 1 saturated carbocycles. The summed E-state index contributed by atoms with van der Waals surface area (Å²) in [4.78, 5) is 25.5. The maximum absolute atomic E-state index is 12.2. The molecule has 1 aromatic carbocycles. The minimum Gasteiger partial charge on any atom is -0.352 e. The number of nitrogens with zero attached hydrogens (tertiary/aromatic N) is 1. The molecule has 1 aliphatic carbocycles. The predicted octanol–water partition coefficient (Wildman–Crippen LogP) is 3.18. The third-order valence-corrected chi connectivity index (χ3v) is 4.54. The van der Waals surface area contributed by atoms with E-state index in [0.717, 1.165) is 18.4 Å².